The highest BCUT2D eigenvalue weighted by molar-refractivity contribution is 5.87. The summed E-state index contributed by atoms with van der Waals surface area (Å²) < 4.78 is 5.40. The van der Waals surface area contributed by atoms with Gasteiger partial charge in [-0.1, -0.05) is 60.7 Å². The van der Waals surface area contributed by atoms with Crippen molar-refractivity contribution in [2.75, 3.05) is 6.54 Å². The summed E-state index contributed by atoms with van der Waals surface area (Å²) in [7, 11) is 0. The Labute approximate surface area is 147 Å². The molecule has 0 radical (unpaired) electrons. The maximum absolute atomic E-state index is 12.5. The van der Waals surface area contributed by atoms with Gasteiger partial charge in [0.2, 0.25) is 5.91 Å². The Bertz CT molecular complexity index is 744. The molecular formula is C20H22N2O3. The van der Waals surface area contributed by atoms with Crippen LogP contribution in [0.5, 0.6) is 0 Å². The summed E-state index contributed by atoms with van der Waals surface area (Å²) in [4.78, 5) is 28.2. The van der Waals surface area contributed by atoms with E-state index in [1.54, 1.807) is 4.90 Å². The number of nitrogens with zero attached hydrogens (tertiary/aromatic N) is 2. The molecule has 2 amide bonds. The average molecular weight is 338 g/mol. The van der Waals surface area contributed by atoms with E-state index in [-0.39, 0.29) is 19.1 Å². The van der Waals surface area contributed by atoms with Crippen LogP contribution in [0, 0.1) is 0 Å². The predicted octanol–water partition coefficient (Wildman–Crippen LogP) is 3.40. The van der Waals surface area contributed by atoms with Crippen LogP contribution >= 0.6 is 0 Å². The van der Waals surface area contributed by atoms with Crippen molar-refractivity contribution in [3.8, 4) is 0 Å². The normalized spacial score (nSPS) is 16.2. The lowest BCUT2D eigenvalue weighted by molar-refractivity contribution is -0.130. The molecule has 0 bridgehead atoms. The molecule has 3 rings (SSSR count). The molecule has 0 atom stereocenters. The van der Waals surface area contributed by atoms with E-state index in [9.17, 15) is 9.59 Å². The van der Waals surface area contributed by atoms with E-state index in [0.717, 1.165) is 11.1 Å². The Kier molecular flexibility index (Phi) is 4.74. The van der Waals surface area contributed by atoms with Gasteiger partial charge in [-0.25, -0.2) is 4.79 Å². The van der Waals surface area contributed by atoms with Crippen LogP contribution in [0.1, 0.15) is 25.0 Å². The molecule has 0 aliphatic carbocycles. The maximum atomic E-state index is 12.5. The molecule has 1 heterocycles. The van der Waals surface area contributed by atoms with Crippen molar-refractivity contribution < 1.29 is 14.3 Å². The molecule has 0 saturated carbocycles. The topological polar surface area (TPSA) is 49.9 Å². The fraction of sp³-hybridized carbons (Fsp3) is 0.300. The van der Waals surface area contributed by atoms with Crippen molar-refractivity contribution in [2.24, 2.45) is 0 Å². The third-order valence-corrected chi connectivity index (χ3v) is 4.52. The van der Waals surface area contributed by atoms with Crippen LogP contribution in [0.3, 0.4) is 0 Å². The molecule has 1 fully saturated rings. The van der Waals surface area contributed by atoms with Crippen LogP contribution in [0.4, 0.5) is 4.79 Å². The SMILES string of the molecule is CC1(C)N(Cc2ccccc2)C(=O)CN1C(=O)OCc1ccccc1. The zero-order chi connectivity index (χ0) is 17.9. The van der Waals surface area contributed by atoms with Gasteiger partial charge in [0.15, 0.2) is 0 Å². The number of carbonyl (C=O) groups excluding carboxylic acids is 2. The second kappa shape index (κ2) is 6.97. The van der Waals surface area contributed by atoms with E-state index in [1.165, 1.54) is 4.90 Å². The molecule has 0 aromatic heterocycles. The van der Waals surface area contributed by atoms with Crippen LogP contribution in [0.15, 0.2) is 60.7 Å². The zero-order valence-corrected chi connectivity index (χ0v) is 14.5. The number of benzene rings is 2. The van der Waals surface area contributed by atoms with Crippen LogP contribution < -0.4 is 0 Å². The Balaban J connectivity index is 1.68. The van der Waals surface area contributed by atoms with E-state index in [1.807, 2.05) is 74.5 Å². The molecule has 0 unspecified atom stereocenters. The van der Waals surface area contributed by atoms with Crippen molar-refractivity contribution in [3.05, 3.63) is 71.8 Å². The summed E-state index contributed by atoms with van der Waals surface area (Å²) in [5, 5.41) is 0. The summed E-state index contributed by atoms with van der Waals surface area (Å²) in [5.41, 5.74) is 1.21. The van der Waals surface area contributed by atoms with Gasteiger partial charge in [-0.05, 0) is 25.0 Å². The first-order valence-corrected chi connectivity index (χ1v) is 8.31. The van der Waals surface area contributed by atoms with E-state index >= 15 is 0 Å². The second-order valence-corrected chi connectivity index (χ2v) is 6.59. The number of rotatable bonds is 4. The Morgan fingerprint density at radius 3 is 2.16 bits per heavy atom. The summed E-state index contributed by atoms with van der Waals surface area (Å²) in [6, 6.07) is 19.3. The van der Waals surface area contributed by atoms with Crippen LogP contribution in [-0.2, 0) is 22.7 Å². The van der Waals surface area contributed by atoms with Gasteiger partial charge < -0.3 is 9.64 Å². The Morgan fingerprint density at radius 2 is 1.56 bits per heavy atom. The maximum Gasteiger partial charge on any atom is 0.412 e. The van der Waals surface area contributed by atoms with Gasteiger partial charge in [-0.3, -0.25) is 9.69 Å². The third-order valence-electron chi connectivity index (χ3n) is 4.52. The van der Waals surface area contributed by atoms with Crippen molar-refractivity contribution in [1.82, 2.24) is 9.80 Å². The summed E-state index contributed by atoms with van der Waals surface area (Å²) in [6.45, 7) is 4.43. The molecule has 1 saturated heterocycles. The zero-order valence-electron chi connectivity index (χ0n) is 14.5. The Morgan fingerprint density at radius 1 is 1.00 bits per heavy atom. The number of hydrogen-bond donors (Lipinski definition) is 0. The first-order valence-electron chi connectivity index (χ1n) is 8.31. The molecule has 1 aliphatic heterocycles. The first-order chi connectivity index (χ1) is 12.0. The summed E-state index contributed by atoms with van der Waals surface area (Å²) >= 11 is 0. The molecule has 5 nitrogen and oxygen atoms in total. The highest BCUT2D eigenvalue weighted by Gasteiger charge is 2.47. The number of amides is 2. The summed E-state index contributed by atoms with van der Waals surface area (Å²) in [6.07, 6.45) is -0.474. The lowest BCUT2D eigenvalue weighted by Gasteiger charge is -2.37. The monoisotopic (exact) mass is 338 g/mol. The third kappa shape index (κ3) is 3.65. The molecule has 0 spiro atoms. The lowest BCUT2D eigenvalue weighted by Crippen LogP contribution is -2.51. The van der Waals surface area contributed by atoms with Gasteiger partial charge in [-0.2, -0.15) is 0 Å². The van der Waals surface area contributed by atoms with Gasteiger partial charge in [0.1, 0.15) is 18.8 Å². The van der Waals surface area contributed by atoms with E-state index < -0.39 is 11.8 Å². The fourth-order valence-corrected chi connectivity index (χ4v) is 3.00. The molecule has 1 aliphatic rings. The largest absolute Gasteiger partial charge is 0.444 e. The molecule has 130 valence electrons. The van der Waals surface area contributed by atoms with Gasteiger partial charge in [0, 0.05) is 6.54 Å². The second-order valence-electron chi connectivity index (χ2n) is 6.59. The first kappa shape index (κ1) is 17.0. The summed E-state index contributed by atoms with van der Waals surface area (Å²) in [5.74, 6) is -0.0782. The number of ether oxygens (including phenoxy) is 1. The van der Waals surface area contributed by atoms with Crippen molar-refractivity contribution >= 4 is 12.0 Å². The van der Waals surface area contributed by atoms with Crippen molar-refractivity contribution in [3.63, 3.8) is 0 Å². The predicted molar refractivity (Wildman–Crippen MR) is 94.4 cm³/mol. The standard InChI is InChI=1S/C20H22N2O3/c1-20(2)21(13-16-9-5-3-6-10-16)18(23)14-22(20)19(24)25-15-17-11-7-4-8-12-17/h3-12H,13-15H2,1-2H3. The molecule has 5 heteroatoms. The molecule has 25 heavy (non-hydrogen) atoms. The molecule has 2 aromatic rings. The fourth-order valence-electron chi connectivity index (χ4n) is 3.00. The Hall–Kier alpha value is -2.82. The van der Waals surface area contributed by atoms with E-state index in [4.69, 9.17) is 4.74 Å². The minimum Gasteiger partial charge on any atom is -0.444 e. The smallest absolute Gasteiger partial charge is 0.412 e. The number of carbonyl (C=O) groups is 2. The van der Waals surface area contributed by atoms with E-state index in [2.05, 4.69) is 0 Å². The lowest BCUT2D eigenvalue weighted by atomic mass is 10.1. The highest BCUT2D eigenvalue weighted by Crippen LogP contribution is 2.29. The molecule has 0 N–H and O–H groups in total. The van der Waals surface area contributed by atoms with Crippen LogP contribution in [0.25, 0.3) is 0 Å². The quantitative estimate of drug-likeness (QED) is 0.858. The van der Waals surface area contributed by atoms with Crippen LogP contribution in [-0.4, -0.2) is 34.0 Å². The van der Waals surface area contributed by atoms with Crippen molar-refractivity contribution in [1.29, 1.82) is 0 Å². The molecular weight excluding hydrogens is 316 g/mol. The molecule has 2 aromatic carbocycles. The minimum atomic E-state index is -0.735. The number of hydrogen-bond acceptors (Lipinski definition) is 3. The van der Waals surface area contributed by atoms with Gasteiger partial charge in [0.25, 0.3) is 0 Å². The van der Waals surface area contributed by atoms with Gasteiger partial charge in [-0.15, -0.1) is 0 Å². The van der Waals surface area contributed by atoms with Crippen molar-refractivity contribution in [2.45, 2.75) is 32.7 Å². The van der Waals surface area contributed by atoms with Gasteiger partial charge in [0.05, 0.1) is 0 Å². The van der Waals surface area contributed by atoms with Crippen LogP contribution in [0.2, 0.25) is 0 Å². The highest BCUT2D eigenvalue weighted by atomic mass is 16.6. The average Bonchev–Trinajstić information content (AvgIpc) is 2.85. The van der Waals surface area contributed by atoms with Gasteiger partial charge >= 0.3 is 6.09 Å². The van der Waals surface area contributed by atoms with E-state index in [0.29, 0.717) is 6.54 Å². The minimum absolute atomic E-state index is 0.0352.